The van der Waals surface area contributed by atoms with E-state index in [1.165, 1.54) is 4.57 Å². The minimum Gasteiger partial charge on any atom is -0.501 e. The van der Waals surface area contributed by atoms with Crippen molar-refractivity contribution in [3.63, 3.8) is 0 Å². The quantitative estimate of drug-likeness (QED) is 0.479. The van der Waals surface area contributed by atoms with Crippen LogP contribution in [0.4, 0.5) is 0 Å². The zero-order chi connectivity index (χ0) is 21.1. The Hall–Kier alpha value is -3.94. The molecule has 6 rings (SSSR count). The van der Waals surface area contributed by atoms with Crippen molar-refractivity contribution < 1.29 is 9.52 Å². The third kappa shape index (κ3) is 2.61. The van der Waals surface area contributed by atoms with Crippen LogP contribution in [0.15, 0.2) is 57.7 Å². The maximum atomic E-state index is 12.9. The second kappa shape index (κ2) is 6.53. The third-order valence-corrected chi connectivity index (χ3v) is 6.00. The van der Waals surface area contributed by atoms with Crippen molar-refractivity contribution in [1.82, 2.24) is 24.1 Å². The largest absolute Gasteiger partial charge is 0.501 e. The van der Waals surface area contributed by atoms with Gasteiger partial charge in [-0.2, -0.15) is 0 Å². The maximum absolute atomic E-state index is 12.9. The van der Waals surface area contributed by atoms with Gasteiger partial charge in [0.05, 0.1) is 11.0 Å². The Morgan fingerprint density at radius 1 is 0.968 bits per heavy atom. The summed E-state index contributed by atoms with van der Waals surface area (Å²) >= 11 is 0. The number of nitrogens with zero attached hydrogens (tertiary/aromatic N) is 5. The van der Waals surface area contributed by atoms with E-state index in [9.17, 15) is 9.90 Å². The lowest BCUT2D eigenvalue weighted by molar-refractivity contribution is 0.322. The molecule has 8 nitrogen and oxygen atoms in total. The first-order valence-electron chi connectivity index (χ1n) is 10.2. The van der Waals surface area contributed by atoms with Crippen LogP contribution in [0.25, 0.3) is 45.4 Å². The second-order valence-electron chi connectivity index (χ2n) is 7.86. The standard InChI is InChI=1S/C23H19N5O3/c1-27-20(21-24-14-9-2-4-11-16(14)28(21)13-7-6-8-13)26-18(19(29)23(27)30)22-25-15-10-3-5-12-17(15)31-22/h2-5,9-13,29H,6-8H2,1H3. The van der Waals surface area contributed by atoms with Crippen LogP contribution in [0.2, 0.25) is 0 Å². The molecule has 0 atom stereocenters. The predicted octanol–water partition coefficient (Wildman–Crippen LogP) is 4.04. The lowest BCUT2D eigenvalue weighted by atomic mass is 9.92. The van der Waals surface area contributed by atoms with Gasteiger partial charge in [-0.05, 0) is 43.5 Å². The first-order chi connectivity index (χ1) is 15.1. The van der Waals surface area contributed by atoms with Gasteiger partial charge in [0.2, 0.25) is 11.6 Å². The highest BCUT2D eigenvalue weighted by Crippen LogP contribution is 2.38. The fraction of sp³-hybridized carbons (Fsp3) is 0.217. The van der Waals surface area contributed by atoms with Gasteiger partial charge < -0.3 is 14.1 Å². The molecule has 1 saturated carbocycles. The Morgan fingerprint density at radius 3 is 2.45 bits per heavy atom. The predicted molar refractivity (Wildman–Crippen MR) is 116 cm³/mol. The molecule has 3 heterocycles. The van der Waals surface area contributed by atoms with Gasteiger partial charge in [-0.3, -0.25) is 9.36 Å². The monoisotopic (exact) mass is 413 g/mol. The number of fused-ring (bicyclic) bond motifs is 2. The summed E-state index contributed by atoms with van der Waals surface area (Å²) in [6.07, 6.45) is 3.27. The Balaban J connectivity index is 1.63. The van der Waals surface area contributed by atoms with E-state index in [0.717, 1.165) is 30.3 Å². The van der Waals surface area contributed by atoms with Gasteiger partial charge in [-0.1, -0.05) is 24.3 Å². The van der Waals surface area contributed by atoms with Crippen LogP contribution in [0.1, 0.15) is 25.3 Å². The van der Waals surface area contributed by atoms with Crippen LogP contribution in [-0.2, 0) is 7.05 Å². The summed E-state index contributed by atoms with van der Waals surface area (Å²) in [7, 11) is 1.59. The van der Waals surface area contributed by atoms with Gasteiger partial charge in [0, 0.05) is 13.1 Å². The molecule has 0 bridgehead atoms. The van der Waals surface area contributed by atoms with Gasteiger partial charge in [0.15, 0.2) is 22.9 Å². The molecule has 3 aromatic heterocycles. The van der Waals surface area contributed by atoms with Crippen molar-refractivity contribution in [2.45, 2.75) is 25.3 Å². The molecular formula is C23H19N5O3. The number of aromatic nitrogens is 5. The summed E-state index contributed by atoms with van der Waals surface area (Å²) in [5.74, 6) is 0.569. The normalized spacial score (nSPS) is 14.4. The van der Waals surface area contributed by atoms with E-state index < -0.39 is 11.3 Å². The Kier molecular flexibility index (Phi) is 3.77. The van der Waals surface area contributed by atoms with Crippen molar-refractivity contribution in [2.75, 3.05) is 0 Å². The fourth-order valence-electron chi connectivity index (χ4n) is 4.13. The summed E-state index contributed by atoms with van der Waals surface area (Å²) < 4.78 is 9.27. The van der Waals surface area contributed by atoms with E-state index >= 15 is 0 Å². The van der Waals surface area contributed by atoms with Gasteiger partial charge in [0.25, 0.3) is 5.56 Å². The zero-order valence-electron chi connectivity index (χ0n) is 16.8. The van der Waals surface area contributed by atoms with Crippen LogP contribution in [-0.4, -0.2) is 29.2 Å². The zero-order valence-corrected chi connectivity index (χ0v) is 16.8. The van der Waals surface area contributed by atoms with Gasteiger partial charge >= 0.3 is 0 Å². The van der Waals surface area contributed by atoms with Crippen LogP contribution in [0, 0.1) is 0 Å². The minimum absolute atomic E-state index is 0.0153. The first kappa shape index (κ1) is 17.9. The van der Waals surface area contributed by atoms with E-state index in [0.29, 0.717) is 28.8 Å². The molecule has 0 radical (unpaired) electrons. The summed E-state index contributed by atoms with van der Waals surface area (Å²) in [4.78, 5) is 26.8. The number of imidazole rings is 1. The molecule has 0 saturated heterocycles. The van der Waals surface area contributed by atoms with E-state index in [2.05, 4.69) is 14.5 Å². The molecule has 0 spiro atoms. The fourth-order valence-corrected chi connectivity index (χ4v) is 4.13. The second-order valence-corrected chi connectivity index (χ2v) is 7.86. The first-order valence-corrected chi connectivity index (χ1v) is 10.2. The lowest BCUT2D eigenvalue weighted by Gasteiger charge is -2.29. The van der Waals surface area contributed by atoms with Crippen LogP contribution >= 0.6 is 0 Å². The maximum Gasteiger partial charge on any atom is 0.296 e. The van der Waals surface area contributed by atoms with Crippen molar-refractivity contribution in [1.29, 1.82) is 0 Å². The smallest absolute Gasteiger partial charge is 0.296 e. The number of oxazole rings is 1. The third-order valence-electron chi connectivity index (χ3n) is 6.00. The molecule has 5 aromatic rings. The highest BCUT2D eigenvalue weighted by molar-refractivity contribution is 5.81. The average Bonchev–Trinajstić information content (AvgIpc) is 3.33. The van der Waals surface area contributed by atoms with Crippen molar-refractivity contribution in [2.24, 2.45) is 7.05 Å². The van der Waals surface area contributed by atoms with Crippen molar-refractivity contribution in [3.8, 4) is 29.0 Å². The molecule has 0 amide bonds. The summed E-state index contributed by atoms with van der Waals surface area (Å²) in [5.41, 5.74) is 2.48. The van der Waals surface area contributed by atoms with Crippen LogP contribution < -0.4 is 5.56 Å². The molecule has 154 valence electrons. The van der Waals surface area contributed by atoms with Gasteiger partial charge in [-0.25, -0.2) is 15.0 Å². The number of hydrogen-bond acceptors (Lipinski definition) is 6. The number of aromatic hydroxyl groups is 1. The van der Waals surface area contributed by atoms with E-state index in [4.69, 9.17) is 9.40 Å². The number of hydrogen-bond donors (Lipinski definition) is 1. The molecule has 2 aromatic carbocycles. The topological polar surface area (TPSA) is 99.0 Å². The molecule has 1 aliphatic rings. The van der Waals surface area contributed by atoms with Crippen LogP contribution in [0.5, 0.6) is 5.75 Å². The minimum atomic E-state index is -0.575. The summed E-state index contributed by atoms with van der Waals surface area (Å²) in [5, 5.41) is 10.6. The van der Waals surface area contributed by atoms with Gasteiger partial charge in [0.1, 0.15) is 5.52 Å². The highest BCUT2D eigenvalue weighted by atomic mass is 16.4. The number of rotatable bonds is 3. The average molecular weight is 413 g/mol. The number of benzene rings is 2. The highest BCUT2D eigenvalue weighted by Gasteiger charge is 2.29. The molecule has 0 aliphatic heterocycles. The van der Waals surface area contributed by atoms with E-state index in [1.807, 2.05) is 36.4 Å². The van der Waals surface area contributed by atoms with Gasteiger partial charge in [-0.15, -0.1) is 0 Å². The summed E-state index contributed by atoms with van der Waals surface area (Å²) in [6, 6.07) is 15.5. The van der Waals surface area contributed by atoms with E-state index in [-0.39, 0.29) is 11.6 Å². The molecule has 1 aliphatic carbocycles. The lowest BCUT2D eigenvalue weighted by Crippen LogP contribution is -2.24. The molecular weight excluding hydrogens is 394 g/mol. The Bertz CT molecular complexity index is 1490. The van der Waals surface area contributed by atoms with Crippen molar-refractivity contribution in [3.05, 3.63) is 58.9 Å². The molecule has 1 fully saturated rings. The van der Waals surface area contributed by atoms with Crippen LogP contribution in [0.3, 0.4) is 0 Å². The SMILES string of the molecule is Cn1c(-c2nc3ccccc3n2C2CCC2)nc(-c2nc3ccccc3o2)c(O)c1=O. The Morgan fingerprint density at radius 2 is 1.71 bits per heavy atom. The Labute approximate surface area is 176 Å². The number of para-hydroxylation sites is 4. The van der Waals surface area contributed by atoms with Crippen molar-refractivity contribution >= 4 is 22.1 Å². The van der Waals surface area contributed by atoms with E-state index in [1.54, 1.807) is 19.2 Å². The molecule has 8 heteroatoms. The molecule has 31 heavy (non-hydrogen) atoms. The molecule has 0 unspecified atom stereocenters. The molecule has 1 N–H and O–H groups in total. The summed E-state index contributed by atoms with van der Waals surface area (Å²) in [6.45, 7) is 0.